The van der Waals surface area contributed by atoms with Crippen LogP contribution < -0.4 is 0 Å². The van der Waals surface area contributed by atoms with Crippen LogP contribution in [0, 0.1) is 0 Å². The van der Waals surface area contributed by atoms with E-state index in [0.29, 0.717) is 17.0 Å². The highest BCUT2D eigenvalue weighted by Crippen LogP contribution is 2.26. The third-order valence-corrected chi connectivity index (χ3v) is 3.99. The summed E-state index contributed by atoms with van der Waals surface area (Å²) < 4.78 is 10.5. The van der Waals surface area contributed by atoms with Gasteiger partial charge in [0.25, 0.3) is 0 Å². The Hall–Kier alpha value is -3.80. The van der Waals surface area contributed by atoms with Gasteiger partial charge in [-0.1, -0.05) is 12.1 Å². The average Bonchev–Trinajstić information content (AvgIpc) is 3.16. The third kappa shape index (κ3) is 3.59. The van der Waals surface area contributed by atoms with Gasteiger partial charge in [-0.25, -0.2) is 9.78 Å². The zero-order valence-corrected chi connectivity index (χ0v) is 14.5. The second-order valence-corrected chi connectivity index (χ2v) is 5.78. The van der Waals surface area contributed by atoms with Crippen LogP contribution in [0.3, 0.4) is 0 Å². The molecule has 0 unspecified atom stereocenters. The molecule has 0 saturated carbocycles. The minimum Gasteiger partial charge on any atom is -0.465 e. The van der Waals surface area contributed by atoms with E-state index in [-0.39, 0.29) is 5.97 Å². The Balaban J connectivity index is 1.57. The minimum atomic E-state index is -0.361. The summed E-state index contributed by atoms with van der Waals surface area (Å²) in [5.74, 6) is 0.187. The standard InChI is InChI=1S/C21H15N3O3/c1-26-21(25)16-4-2-14(3-5-16)13-23-17-6-7-19-18(12-17)24-20(27-19)15-8-10-22-11-9-15/h2-13H,1H3. The van der Waals surface area contributed by atoms with Gasteiger partial charge in [0.1, 0.15) is 5.52 Å². The molecule has 0 aliphatic rings. The van der Waals surface area contributed by atoms with Crippen LogP contribution >= 0.6 is 0 Å². The number of benzene rings is 2. The summed E-state index contributed by atoms with van der Waals surface area (Å²) in [6, 6.07) is 16.3. The number of fused-ring (bicyclic) bond motifs is 1. The first-order chi connectivity index (χ1) is 13.2. The number of rotatable bonds is 4. The Morgan fingerprint density at radius 2 is 1.85 bits per heavy atom. The predicted octanol–water partition coefficient (Wildman–Crippen LogP) is 4.43. The fourth-order valence-electron chi connectivity index (χ4n) is 2.59. The van der Waals surface area contributed by atoms with Crippen LogP contribution in [0.5, 0.6) is 0 Å². The molecular weight excluding hydrogens is 342 g/mol. The highest BCUT2D eigenvalue weighted by Gasteiger charge is 2.08. The van der Waals surface area contributed by atoms with E-state index < -0.39 is 0 Å². The third-order valence-electron chi connectivity index (χ3n) is 3.99. The van der Waals surface area contributed by atoms with Gasteiger partial charge in [0.05, 0.1) is 18.4 Å². The number of ether oxygens (including phenoxy) is 1. The molecule has 0 N–H and O–H groups in total. The first-order valence-corrected chi connectivity index (χ1v) is 8.26. The first-order valence-electron chi connectivity index (χ1n) is 8.26. The molecule has 2 aromatic carbocycles. The van der Waals surface area contributed by atoms with E-state index >= 15 is 0 Å². The van der Waals surface area contributed by atoms with Crippen molar-refractivity contribution < 1.29 is 13.9 Å². The fourth-order valence-corrected chi connectivity index (χ4v) is 2.59. The SMILES string of the molecule is COC(=O)c1ccc(C=Nc2ccc3oc(-c4ccncc4)nc3c2)cc1. The summed E-state index contributed by atoms with van der Waals surface area (Å²) in [4.78, 5) is 24.4. The fraction of sp³-hybridized carbons (Fsp3) is 0.0476. The molecular formula is C21H15N3O3. The van der Waals surface area contributed by atoms with Crippen LogP contribution in [0.15, 0.2) is 76.4 Å². The zero-order valence-electron chi connectivity index (χ0n) is 14.5. The van der Waals surface area contributed by atoms with Crippen molar-refractivity contribution in [3.8, 4) is 11.5 Å². The lowest BCUT2D eigenvalue weighted by atomic mass is 10.1. The van der Waals surface area contributed by atoms with Gasteiger partial charge in [0, 0.05) is 24.2 Å². The van der Waals surface area contributed by atoms with Crippen molar-refractivity contribution >= 4 is 29.0 Å². The monoisotopic (exact) mass is 357 g/mol. The van der Waals surface area contributed by atoms with Gasteiger partial charge in [-0.15, -0.1) is 0 Å². The quantitative estimate of drug-likeness (QED) is 0.399. The molecule has 2 aromatic heterocycles. The molecule has 0 saturated heterocycles. The van der Waals surface area contributed by atoms with E-state index in [9.17, 15) is 4.79 Å². The second-order valence-electron chi connectivity index (χ2n) is 5.78. The number of carbonyl (C=O) groups is 1. The first kappa shape index (κ1) is 16.7. The highest BCUT2D eigenvalue weighted by molar-refractivity contribution is 5.91. The number of aromatic nitrogens is 2. The predicted molar refractivity (Wildman–Crippen MR) is 102 cm³/mol. The van der Waals surface area contributed by atoms with Crippen molar-refractivity contribution in [3.63, 3.8) is 0 Å². The van der Waals surface area contributed by atoms with E-state index in [1.807, 2.05) is 42.5 Å². The molecule has 6 heteroatoms. The molecule has 0 spiro atoms. The molecule has 6 nitrogen and oxygen atoms in total. The van der Waals surface area contributed by atoms with Crippen molar-refractivity contribution in [1.82, 2.24) is 9.97 Å². The summed E-state index contributed by atoms with van der Waals surface area (Å²) in [5, 5.41) is 0. The number of carbonyl (C=O) groups excluding carboxylic acids is 1. The number of methoxy groups -OCH3 is 1. The van der Waals surface area contributed by atoms with Gasteiger partial charge in [-0.05, 0) is 48.0 Å². The maximum atomic E-state index is 11.5. The lowest BCUT2D eigenvalue weighted by Crippen LogP contribution is -2.00. The van der Waals surface area contributed by atoms with Crippen molar-refractivity contribution in [2.75, 3.05) is 7.11 Å². The van der Waals surface area contributed by atoms with E-state index in [0.717, 1.165) is 22.3 Å². The van der Waals surface area contributed by atoms with Crippen LogP contribution in [-0.4, -0.2) is 29.3 Å². The van der Waals surface area contributed by atoms with Crippen LogP contribution in [0.25, 0.3) is 22.6 Å². The molecule has 27 heavy (non-hydrogen) atoms. The summed E-state index contributed by atoms with van der Waals surface area (Å²) in [5.41, 5.74) is 4.44. The van der Waals surface area contributed by atoms with Crippen molar-refractivity contribution in [3.05, 3.63) is 78.1 Å². The average molecular weight is 357 g/mol. The molecule has 0 radical (unpaired) electrons. The smallest absolute Gasteiger partial charge is 0.337 e. The second kappa shape index (κ2) is 7.21. The molecule has 4 rings (SSSR count). The summed E-state index contributed by atoms with van der Waals surface area (Å²) in [6.45, 7) is 0. The van der Waals surface area contributed by atoms with Crippen LogP contribution in [0.1, 0.15) is 15.9 Å². The molecule has 4 aromatic rings. The van der Waals surface area contributed by atoms with E-state index in [1.165, 1.54) is 7.11 Å². The van der Waals surface area contributed by atoms with Crippen molar-refractivity contribution in [1.29, 1.82) is 0 Å². The number of aliphatic imine (C=N–C) groups is 1. The maximum Gasteiger partial charge on any atom is 0.337 e. The Labute approximate surface area is 155 Å². The van der Waals surface area contributed by atoms with Crippen LogP contribution in [0.2, 0.25) is 0 Å². The topological polar surface area (TPSA) is 77.6 Å². The van der Waals surface area contributed by atoms with E-state index in [1.54, 1.807) is 30.7 Å². The Bertz CT molecular complexity index is 1120. The molecule has 0 bridgehead atoms. The Kier molecular flexibility index (Phi) is 4.45. The molecule has 0 atom stereocenters. The van der Waals surface area contributed by atoms with Gasteiger partial charge in [0.2, 0.25) is 5.89 Å². The Morgan fingerprint density at radius 1 is 1.07 bits per heavy atom. The lowest BCUT2D eigenvalue weighted by Gasteiger charge is -1.99. The number of esters is 1. The lowest BCUT2D eigenvalue weighted by molar-refractivity contribution is 0.0600. The van der Waals surface area contributed by atoms with Gasteiger partial charge in [-0.3, -0.25) is 9.98 Å². The summed E-state index contributed by atoms with van der Waals surface area (Å²) in [7, 11) is 1.36. The zero-order chi connectivity index (χ0) is 18.6. The molecule has 0 amide bonds. The number of nitrogens with zero attached hydrogens (tertiary/aromatic N) is 3. The largest absolute Gasteiger partial charge is 0.465 e. The number of hydrogen-bond acceptors (Lipinski definition) is 6. The van der Waals surface area contributed by atoms with Crippen LogP contribution in [-0.2, 0) is 4.74 Å². The van der Waals surface area contributed by atoms with Crippen molar-refractivity contribution in [2.45, 2.75) is 0 Å². The van der Waals surface area contributed by atoms with Gasteiger partial charge in [-0.2, -0.15) is 0 Å². The van der Waals surface area contributed by atoms with Gasteiger partial charge in [0.15, 0.2) is 5.58 Å². The van der Waals surface area contributed by atoms with E-state index in [4.69, 9.17) is 4.42 Å². The molecule has 132 valence electrons. The van der Waals surface area contributed by atoms with Gasteiger partial charge < -0.3 is 9.15 Å². The van der Waals surface area contributed by atoms with Crippen molar-refractivity contribution in [2.24, 2.45) is 4.99 Å². The molecule has 0 aliphatic carbocycles. The highest BCUT2D eigenvalue weighted by atomic mass is 16.5. The number of pyridine rings is 1. The Morgan fingerprint density at radius 3 is 2.59 bits per heavy atom. The van der Waals surface area contributed by atoms with Crippen LogP contribution in [0.4, 0.5) is 5.69 Å². The summed E-state index contributed by atoms with van der Waals surface area (Å²) in [6.07, 6.45) is 5.13. The normalized spacial score (nSPS) is 11.1. The maximum absolute atomic E-state index is 11.5. The van der Waals surface area contributed by atoms with Gasteiger partial charge >= 0.3 is 5.97 Å². The molecule has 0 fully saturated rings. The minimum absolute atomic E-state index is 0.361. The summed E-state index contributed by atoms with van der Waals surface area (Å²) >= 11 is 0. The number of hydrogen-bond donors (Lipinski definition) is 0. The van der Waals surface area contributed by atoms with E-state index in [2.05, 4.69) is 19.7 Å². The molecule has 2 heterocycles. The molecule has 0 aliphatic heterocycles. The number of oxazole rings is 1.